The summed E-state index contributed by atoms with van der Waals surface area (Å²) in [6.45, 7) is 7.34. The number of methoxy groups -OCH3 is 2. The molecule has 12 heteroatoms. The number of carbonyl (C=O) groups excluding carboxylic acids is 3. The fraction of sp³-hybridized carbons (Fsp3) is 0.400. The molecule has 0 heterocycles. The zero-order valence-electron chi connectivity index (χ0n) is 27.9. The first-order valence-electron chi connectivity index (χ1n) is 15.7. The first-order valence-corrected chi connectivity index (χ1v) is 15.7. The molecule has 3 unspecified atom stereocenters. The summed E-state index contributed by atoms with van der Waals surface area (Å²) in [6, 6.07) is 19.6. The van der Waals surface area contributed by atoms with Crippen molar-refractivity contribution in [2.45, 2.75) is 65.0 Å². The number of hydrogen-bond donors (Lipinski definition) is 5. The van der Waals surface area contributed by atoms with Crippen LogP contribution in [0.2, 0.25) is 0 Å². The molecule has 0 saturated heterocycles. The maximum atomic E-state index is 13.8. The van der Waals surface area contributed by atoms with Crippen LogP contribution in [0.1, 0.15) is 45.2 Å². The fourth-order valence-electron chi connectivity index (χ4n) is 5.05. The lowest BCUT2D eigenvalue weighted by molar-refractivity contribution is -0.132. The second-order valence-electron chi connectivity index (χ2n) is 12.1. The summed E-state index contributed by atoms with van der Waals surface area (Å²) >= 11 is 0. The molecule has 3 atom stereocenters. The molecule has 5 N–H and O–H groups in total. The number of benzene rings is 3. The molecule has 252 valence electrons. The molecule has 0 bridgehead atoms. The number of amides is 3. The topological polar surface area (TPSA) is 155 Å². The Kier molecular flexibility index (Phi) is 14.1. The van der Waals surface area contributed by atoms with Crippen LogP contribution in [0.4, 0.5) is 0 Å². The molecule has 11 nitrogen and oxygen atoms in total. The van der Waals surface area contributed by atoms with Gasteiger partial charge in [0.15, 0.2) is 11.5 Å². The highest BCUT2D eigenvalue weighted by Crippen LogP contribution is 2.28. The zero-order valence-corrected chi connectivity index (χ0v) is 27.9. The van der Waals surface area contributed by atoms with Crippen LogP contribution in [-0.2, 0) is 27.2 Å². The quantitative estimate of drug-likeness (QED) is 0.140. The van der Waals surface area contributed by atoms with Gasteiger partial charge in [-0.1, -0.05) is 64.1 Å². The molecular formula is C35H46BN3O8. The maximum absolute atomic E-state index is 13.8. The van der Waals surface area contributed by atoms with Gasteiger partial charge in [-0.3, -0.25) is 14.4 Å². The number of hydrogen-bond acceptors (Lipinski definition) is 8. The van der Waals surface area contributed by atoms with Gasteiger partial charge in [-0.2, -0.15) is 0 Å². The third kappa shape index (κ3) is 11.6. The molecule has 3 aromatic rings. The molecule has 3 rings (SSSR count). The summed E-state index contributed by atoms with van der Waals surface area (Å²) in [5.74, 6) is -0.518. The minimum absolute atomic E-state index is 0.0267. The predicted octanol–water partition coefficient (Wildman–Crippen LogP) is 3.45. The van der Waals surface area contributed by atoms with Crippen LogP contribution in [0, 0.1) is 11.8 Å². The van der Waals surface area contributed by atoms with Crippen molar-refractivity contribution < 1.29 is 38.6 Å². The van der Waals surface area contributed by atoms with Crippen molar-refractivity contribution in [3.8, 4) is 23.0 Å². The zero-order chi connectivity index (χ0) is 34.5. The molecule has 3 amide bonds. The van der Waals surface area contributed by atoms with E-state index >= 15 is 0 Å². The molecule has 0 saturated carbocycles. The van der Waals surface area contributed by atoms with E-state index in [1.807, 2.05) is 44.2 Å². The van der Waals surface area contributed by atoms with E-state index in [-0.39, 0.29) is 24.7 Å². The number of ether oxygens (including phenoxy) is 3. The Morgan fingerprint density at radius 3 is 2.04 bits per heavy atom. The Balaban J connectivity index is 1.82. The molecule has 0 aromatic heterocycles. The maximum Gasteiger partial charge on any atom is 0.475 e. The standard InChI is InChI=1S/C35H46BN3O8/c1-22(2)17-31(36(43)44)38-35(42)33(23(3)4)39-34(41)28(19-25-15-16-29(45-5)30(20-25)46-6)37-32(40)21-24-11-10-14-27(18-24)47-26-12-8-7-9-13-26/h7-16,18,20,22-23,28,31,33,43-44H,17,19,21H2,1-6H3,(H,37,40)(H,38,42)(H,39,41). The number of rotatable bonds is 17. The van der Waals surface area contributed by atoms with Gasteiger partial charge in [0.1, 0.15) is 23.6 Å². The van der Waals surface area contributed by atoms with Gasteiger partial charge in [-0.05, 0) is 65.8 Å². The highest BCUT2D eigenvalue weighted by Gasteiger charge is 2.33. The van der Waals surface area contributed by atoms with E-state index in [0.717, 1.165) is 0 Å². The summed E-state index contributed by atoms with van der Waals surface area (Å²) in [5, 5.41) is 28.0. The van der Waals surface area contributed by atoms with Crippen molar-refractivity contribution in [1.29, 1.82) is 0 Å². The Hall–Kier alpha value is -4.55. The van der Waals surface area contributed by atoms with Crippen LogP contribution in [0.5, 0.6) is 23.0 Å². The Bertz CT molecular complexity index is 1470. The van der Waals surface area contributed by atoms with Gasteiger partial charge in [0.05, 0.1) is 26.6 Å². The van der Waals surface area contributed by atoms with E-state index in [0.29, 0.717) is 40.5 Å². The van der Waals surface area contributed by atoms with Crippen LogP contribution in [0.25, 0.3) is 0 Å². The summed E-state index contributed by atoms with van der Waals surface area (Å²) in [5.41, 5.74) is 1.37. The first-order chi connectivity index (χ1) is 22.4. The Morgan fingerprint density at radius 2 is 1.43 bits per heavy atom. The smallest absolute Gasteiger partial charge is 0.475 e. The minimum Gasteiger partial charge on any atom is -0.493 e. The highest BCUT2D eigenvalue weighted by molar-refractivity contribution is 6.43. The number of carbonyl (C=O) groups is 3. The second-order valence-corrected chi connectivity index (χ2v) is 12.1. The van der Waals surface area contributed by atoms with Gasteiger partial charge in [-0.25, -0.2) is 0 Å². The van der Waals surface area contributed by atoms with Gasteiger partial charge in [0.25, 0.3) is 0 Å². The van der Waals surface area contributed by atoms with Crippen molar-refractivity contribution in [3.63, 3.8) is 0 Å². The van der Waals surface area contributed by atoms with Crippen molar-refractivity contribution >= 4 is 24.8 Å². The SMILES string of the molecule is COc1ccc(CC(NC(=O)Cc2cccc(Oc3ccccc3)c2)C(=O)NC(C(=O)NC(CC(C)C)B(O)O)C(C)C)cc1OC. The number of para-hydroxylation sites is 1. The van der Waals surface area contributed by atoms with Crippen molar-refractivity contribution in [2.75, 3.05) is 14.2 Å². The normalized spacial score (nSPS) is 12.9. The van der Waals surface area contributed by atoms with Gasteiger partial charge < -0.3 is 40.2 Å². The molecule has 0 aliphatic heterocycles. The molecule has 0 aliphatic carbocycles. The molecule has 0 aliphatic rings. The second kappa shape index (κ2) is 18.0. The van der Waals surface area contributed by atoms with Crippen molar-refractivity contribution in [2.24, 2.45) is 11.8 Å². The Morgan fingerprint density at radius 1 is 0.745 bits per heavy atom. The average molecular weight is 648 g/mol. The first kappa shape index (κ1) is 36.9. The lowest BCUT2D eigenvalue weighted by Crippen LogP contribution is -2.59. The number of nitrogens with one attached hydrogen (secondary N) is 3. The average Bonchev–Trinajstić information content (AvgIpc) is 3.02. The molecule has 0 spiro atoms. The lowest BCUT2D eigenvalue weighted by Gasteiger charge is -2.28. The van der Waals surface area contributed by atoms with Crippen LogP contribution < -0.4 is 30.2 Å². The van der Waals surface area contributed by atoms with E-state index < -0.39 is 42.9 Å². The summed E-state index contributed by atoms with van der Waals surface area (Å²) < 4.78 is 16.7. The van der Waals surface area contributed by atoms with Crippen LogP contribution in [0.3, 0.4) is 0 Å². The van der Waals surface area contributed by atoms with Gasteiger partial charge in [0, 0.05) is 6.42 Å². The third-order valence-electron chi connectivity index (χ3n) is 7.44. The van der Waals surface area contributed by atoms with Gasteiger partial charge in [0.2, 0.25) is 17.7 Å². The van der Waals surface area contributed by atoms with Crippen LogP contribution in [-0.4, -0.2) is 67.1 Å². The van der Waals surface area contributed by atoms with Crippen molar-refractivity contribution in [3.05, 3.63) is 83.9 Å². The minimum atomic E-state index is -1.77. The molecule has 47 heavy (non-hydrogen) atoms. The largest absolute Gasteiger partial charge is 0.493 e. The fourth-order valence-corrected chi connectivity index (χ4v) is 5.05. The Labute approximate surface area is 277 Å². The van der Waals surface area contributed by atoms with E-state index in [2.05, 4.69) is 16.0 Å². The summed E-state index contributed by atoms with van der Waals surface area (Å²) in [4.78, 5) is 40.5. The molecule has 0 radical (unpaired) electrons. The summed E-state index contributed by atoms with van der Waals surface area (Å²) in [7, 11) is 1.26. The van der Waals surface area contributed by atoms with E-state index in [9.17, 15) is 24.4 Å². The predicted molar refractivity (Wildman–Crippen MR) is 180 cm³/mol. The monoisotopic (exact) mass is 647 g/mol. The van der Waals surface area contributed by atoms with E-state index in [4.69, 9.17) is 14.2 Å². The third-order valence-corrected chi connectivity index (χ3v) is 7.44. The van der Waals surface area contributed by atoms with Gasteiger partial charge in [-0.15, -0.1) is 0 Å². The van der Waals surface area contributed by atoms with E-state index in [1.165, 1.54) is 14.2 Å². The molecule has 0 fully saturated rings. The highest BCUT2D eigenvalue weighted by atomic mass is 16.5. The van der Waals surface area contributed by atoms with Crippen LogP contribution >= 0.6 is 0 Å². The van der Waals surface area contributed by atoms with E-state index in [1.54, 1.807) is 56.3 Å². The van der Waals surface area contributed by atoms with Crippen molar-refractivity contribution in [1.82, 2.24) is 16.0 Å². The lowest BCUT2D eigenvalue weighted by atomic mass is 9.75. The van der Waals surface area contributed by atoms with Gasteiger partial charge >= 0.3 is 7.12 Å². The molecular weight excluding hydrogens is 601 g/mol. The summed E-state index contributed by atoms with van der Waals surface area (Å²) in [6.07, 6.45) is 0.395. The molecule has 3 aromatic carbocycles. The van der Waals surface area contributed by atoms with Crippen LogP contribution in [0.15, 0.2) is 72.8 Å².